The summed E-state index contributed by atoms with van der Waals surface area (Å²) in [5, 5.41) is 0. The molecule has 0 heterocycles. The Bertz CT molecular complexity index is 337. The van der Waals surface area contributed by atoms with E-state index in [4.69, 9.17) is 4.74 Å². The molecule has 0 fully saturated rings. The molecule has 160 valence electrons. The SMILES string of the molecule is CCCCCC/C=C\CCCCCCCCCC(=O)OCCN(CC)CC. The number of carbonyl (C=O) groups is 1. The molecule has 0 spiro atoms. The van der Waals surface area contributed by atoms with Gasteiger partial charge >= 0.3 is 5.97 Å². The van der Waals surface area contributed by atoms with Gasteiger partial charge in [-0.1, -0.05) is 84.3 Å². The Balaban J connectivity index is 3.26. The third kappa shape index (κ3) is 19.7. The minimum absolute atomic E-state index is 0.0244. The highest BCUT2D eigenvalue weighted by Gasteiger charge is 2.04. The van der Waals surface area contributed by atoms with Gasteiger partial charge < -0.3 is 9.64 Å². The summed E-state index contributed by atoms with van der Waals surface area (Å²) in [7, 11) is 0. The number of esters is 1. The van der Waals surface area contributed by atoms with Gasteiger partial charge in [0, 0.05) is 13.0 Å². The van der Waals surface area contributed by atoms with Crippen LogP contribution in [0.5, 0.6) is 0 Å². The van der Waals surface area contributed by atoms with Crippen molar-refractivity contribution >= 4 is 5.97 Å². The van der Waals surface area contributed by atoms with Gasteiger partial charge in [-0.05, 0) is 45.2 Å². The van der Waals surface area contributed by atoms with Crippen LogP contribution in [-0.4, -0.2) is 37.1 Å². The molecule has 0 atom stereocenters. The van der Waals surface area contributed by atoms with Crippen LogP contribution >= 0.6 is 0 Å². The van der Waals surface area contributed by atoms with E-state index in [1.54, 1.807) is 0 Å². The standard InChI is InChI=1S/C24H47NO2/c1-4-7-8-9-10-11-12-13-14-15-16-17-18-19-20-21-24(26)27-23-22-25(5-2)6-3/h11-12H,4-10,13-23H2,1-3H3/b12-11-. The van der Waals surface area contributed by atoms with Gasteiger partial charge in [0.15, 0.2) is 0 Å². The van der Waals surface area contributed by atoms with E-state index < -0.39 is 0 Å². The van der Waals surface area contributed by atoms with E-state index >= 15 is 0 Å². The smallest absolute Gasteiger partial charge is 0.305 e. The Morgan fingerprint density at radius 3 is 1.81 bits per heavy atom. The number of hydrogen-bond donors (Lipinski definition) is 0. The van der Waals surface area contributed by atoms with Gasteiger partial charge in [-0.2, -0.15) is 0 Å². The van der Waals surface area contributed by atoms with Crippen molar-refractivity contribution in [2.24, 2.45) is 0 Å². The summed E-state index contributed by atoms with van der Waals surface area (Å²) in [6.07, 6.45) is 22.0. The molecule has 0 aliphatic carbocycles. The van der Waals surface area contributed by atoms with Crippen LogP contribution in [0.25, 0.3) is 0 Å². The lowest BCUT2D eigenvalue weighted by atomic mass is 10.1. The molecule has 27 heavy (non-hydrogen) atoms. The number of unbranched alkanes of at least 4 members (excludes halogenated alkanes) is 11. The number of rotatable bonds is 20. The van der Waals surface area contributed by atoms with Crippen molar-refractivity contribution in [1.82, 2.24) is 4.90 Å². The van der Waals surface area contributed by atoms with Crippen LogP contribution in [0.1, 0.15) is 111 Å². The van der Waals surface area contributed by atoms with Crippen LogP contribution in [-0.2, 0) is 9.53 Å². The van der Waals surface area contributed by atoms with E-state index in [9.17, 15) is 4.79 Å². The molecule has 0 aliphatic heterocycles. The first-order chi connectivity index (χ1) is 13.2. The van der Waals surface area contributed by atoms with Gasteiger partial charge in [0.05, 0.1) is 0 Å². The quantitative estimate of drug-likeness (QED) is 0.130. The third-order valence-corrected chi connectivity index (χ3v) is 5.21. The lowest BCUT2D eigenvalue weighted by Gasteiger charge is -2.17. The molecule has 3 heteroatoms. The fourth-order valence-electron chi connectivity index (χ4n) is 3.24. The lowest BCUT2D eigenvalue weighted by molar-refractivity contribution is -0.144. The maximum Gasteiger partial charge on any atom is 0.305 e. The largest absolute Gasteiger partial charge is 0.464 e. The van der Waals surface area contributed by atoms with E-state index in [1.165, 1.54) is 70.6 Å². The van der Waals surface area contributed by atoms with Crippen LogP contribution in [0.15, 0.2) is 12.2 Å². The highest BCUT2D eigenvalue weighted by Crippen LogP contribution is 2.11. The highest BCUT2D eigenvalue weighted by molar-refractivity contribution is 5.69. The summed E-state index contributed by atoms with van der Waals surface area (Å²) in [5.74, 6) is -0.0244. The van der Waals surface area contributed by atoms with E-state index in [1.807, 2.05) is 0 Å². The molecular formula is C24H47NO2. The van der Waals surface area contributed by atoms with Gasteiger partial charge in [-0.15, -0.1) is 0 Å². The normalized spacial score (nSPS) is 11.6. The predicted octanol–water partition coefficient (Wildman–Crippen LogP) is 6.91. The summed E-state index contributed by atoms with van der Waals surface area (Å²) in [6, 6.07) is 0. The fraction of sp³-hybridized carbons (Fsp3) is 0.875. The van der Waals surface area contributed by atoms with E-state index in [2.05, 4.69) is 37.8 Å². The summed E-state index contributed by atoms with van der Waals surface area (Å²) >= 11 is 0. The molecular weight excluding hydrogens is 334 g/mol. The highest BCUT2D eigenvalue weighted by atomic mass is 16.5. The minimum Gasteiger partial charge on any atom is -0.464 e. The number of carbonyl (C=O) groups excluding carboxylic acids is 1. The first-order valence-corrected chi connectivity index (χ1v) is 11.8. The summed E-state index contributed by atoms with van der Waals surface area (Å²) in [5.41, 5.74) is 0. The molecule has 0 bridgehead atoms. The molecule has 0 rings (SSSR count). The fourth-order valence-corrected chi connectivity index (χ4v) is 3.24. The molecule has 0 amide bonds. The topological polar surface area (TPSA) is 29.5 Å². The second kappa shape index (κ2) is 21.5. The van der Waals surface area contributed by atoms with E-state index in [0.717, 1.165) is 32.5 Å². The van der Waals surface area contributed by atoms with Gasteiger partial charge in [0.25, 0.3) is 0 Å². The zero-order chi connectivity index (χ0) is 20.0. The summed E-state index contributed by atoms with van der Waals surface area (Å²) in [6.45, 7) is 9.96. The van der Waals surface area contributed by atoms with Crippen molar-refractivity contribution in [1.29, 1.82) is 0 Å². The van der Waals surface area contributed by atoms with Gasteiger partial charge in [-0.25, -0.2) is 0 Å². The Kier molecular flexibility index (Phi) is 20.8. The number of nitrogens with zero attached hydrogens (tertiary/aromatic N) is 1. The van der Waals surface area contributed by atoms with Crippen molar-refractivity contribution in [3.63, 3.8) is 0 Å². The molecule has 0 aromatic carbocycles. The molecule has 0 saturated carbocycles. The van der Waals surface area contributed by atoms with E-state index in [0.29, 0.717) is 13.0 Å². The first kappa shape index (κ1) is 26.2. The summed E-state index contributed by atoms with van der Waals surface area (Å²) < 4.78 is 5.31. The van der Waals surface area contributed by atoms with Crippen molar-refractivity contribution in [2.45, 2.75) is 111 Å². The molecule has 0 radical (unpaired) electrons. The van der Waals surface area contributed by atoms with Crippen LogP contribution in [0.4, 0.5) is 0 Å². The molecule has 0 aromatic heterocycles. The van der Waals surface area contributed by atoms with Crippen LogP contribution in [0.3, 0.4) is 0 Å². The monoisotopic (exact) mass is 381 g/mol. The summed E-state index contributed by atoms with van der Waals surface area (Å²) in [4.78, 5) is 14.0. The zero-order valence-corrected chi connectivity index (χ0v) is 18.6. The van der Waals surface area contributed by atoms with E-state index in [-0.39, 0.29) is 5.97 Å². The minimum atomic E-state index is -0.0244. The average Bonchev–Trinajstić information content (AvgIpc) is 2.68. The Hall–Kier alpha value is -0.830. The molecule has 3 nitrogen and oxygen atoms in total. The zero-order valence-electron chi connectivity index (χ0n) is 18.6. The second-order valence-electron chi connectivity index (χ2n) is 7.58. The number of hydrogen-bond acceptors (Lipinski definition) is 3. The van der Waals surface area contributed by atoms with Gasteiger partial charge in [-0.3, -0.25) is 4.79 Å². The maximum atomic E-state index is 11.7. The Morgan fingerprint density at radius 2 is 1.26 bits per heavy atom. The third-order valence-electron chi connectivity index (χ3n) is 5.21. The van der Waals surface area contributed by atoms with Crippen LogP contribution in [0, 0.1) is 0 Å². The van der Waals surface area contributed by atoms with Crippen molar-refractivity contribution < 1.29 is 9.53 Å². The Morgan fingerprint density at radius 1 is 0.741 bits per heavy atom. The van der Waals surface area contributed by atoms with Gasteiger partial charge in [0.2, 0.25) is 0 Å². The van der Waals surface area contributed by atoms with Crippen molar-refractivity contribution in [2.75, 3.05) is 26.2 Å². The molecule has 0 unspecified atom stereocenters. The Labute approximate surface area is 169 Å². The van der Waals surface area contributed by atoms with Crippen LogP contribution in [0.2, 0.25) is 0 Å². The molecule has 0 aromatic rings. The maximum absolute atomic E-state index is 11.7. The first-order valence-electron chi connectivity index (χ1n) is 11.8. The van der Waals surface area contributed by atoms with Crippen molar-refractivity contribution in [3.8, 4) is 0 Å². The van der Waals surface area contributed by atoms with Crippen molar-refractivity contribution in [3.05, 3.63) is 12.2 Å². The predicted molar refractivity (Wildman–Crippen MR) is 118 cm³/mol. The average molecular weight is 382 g/mol. The lowest BCUT2D eigenvalue weighted by Crippen LogP contribution is -2.27. The van der Waals surface area contributed by atoms with Crippen LogP contribution < -0.4 is 0 Å². The molecule has 0 N–H and O–H groups in total. The molecule has 0 aliphatic rings. The van der Waals surface area contributed by atoms with Gasteiger partial charge in [0.1, 0.15) is 6.61 Å². The molecule has 0 saturated heterocycles. The second-order valence-corrected chi connectivity index (χ2v) is 7.58. The number of likely N-dealkylation sites (N-methyl/N-ethyl adjacent to an activating group) is 1. The number of ether oxygens (including phenoxy) is 1. The number of allylic oxidation sites excluding steroid dienone is 2.